The molecular weight excluding hydrogens is 576 g/mol. The van der Waals surface area contributed by atoms with Crippen LogP contribution in [0, 0.1) is 17.8 Å². The first-order valence-corrected chi connectivity index (χ1v) is 16.8. The van der Waals surface area contributed by atoms with Gasteiger partial charge in [0.25, 0.3) is 5.91 Å². The maximum atomic E-state index is 14.3. The number of halogens is 1. The molecule has 1 N–H and O–H groups in total. The van der Waals surface area contributed by atoms with Gasteiger partial charge in [0.15, 0.2) is 17.2 Å². The van der Waals surface area contributed by atoms with Crippen LogP contribution in [0.25, 0.3) is 17.0 Å². The number of carbonyl (C=O) groups is 3. The number of benzene rings is 1. The first-order chi connectivity index (χ1) is 21.0. The standard InChI is InChI=1S/C34H51ClN6O3/c1-8-12-14-25(10-3)21-39(22-26(11-4)15-13-9-2)34(44)31(23(5)6)36-33(43)29-20-30-40(24(7)42)38-32(41(30)37-29)27-16-18-28(35)19-17-27/h16-20,23,25-26,31H,8-15,21-22H2,1-7H3,(H,36,43). The van der Waals surface area contributed by atoms with Crippen molar-refractivity contribution in [1.29, 1.82) is 0 Å². The van der Waals surface area contributed by atoms with E-state index < -0.39 is 11.9 Å². The lowest BCUT2D eigenvalue weighted by Gasteiger charge is -2.34. The summed E-state index contributed by atoms with van der Waals surface area (Å²) >= 11 is 6.07. The molecule has 0 aliphatic rings. The van der Waals surface area contributed by atoms with Gasteiger partial charge >= 0.3 is 0 Å². The fraction of sp³-hybridized carbons (Fsp3) is 0.618. The third kappa shape index (κ3) is 8.93. The smallest absolute Gasteiger partial charge is 0.272 e. The van der Waals surface area contributed by atoms with Gasteiger partial charge in [-0.05, 0) is 54.9 Å². The summed E-state index contributed by atoms with van der Waals surface area (Å²) in [7, 11) is 0. The third-order valence-corrected chi connectivity index (χ3v) is 8.76. The van der Waals surface area contributed by atoms with Gasteiger partial charge in [-0.3, -0.25) is 14.4 Å². The van der Waals surface area contributed by atoms with Crippen LogP contribution in [-0.4, -0.2) is 61.1 Å². The van der Waals surface area contributed by atoms with E-state index in [1.54, 1.807) is 30.3 Å². The Morgan fingerprint density at radius 1 is 0.909 bits per heavy atom. The van der Waals surface area contributed by atoms with Crippen LogP contribution in [0.1, 0.15) is 115 Å². The van der Waals surface area contributed by atoms with Crippen LogP contribution in [0.5, 0.6) is 0 Å². The summed E-state index contributed by atoms with van der Waals surface area (Å²) in [6.45, 7) is 15.5. The zero-order valence-corrected chi connectivity index (χ0v) is 28.4. The molecule has 0 aliphatic carbocycles. The van der Waals surface area contributed by atoms with Gasteiger partial charge in [0.2, 0.25) is 11.8 Å². The van der Waals surface area contributed by atoms with E-state index in [0.29, 0.717) is 47.0 Å². The van der Waals surface area contributed by atoms with E-state index in [4.69, 9.17) is 11.6 Å². The van der Waals surface area contributed by atoms with Crippen molar-refractivity contribution in [3.05, 3.63) is 41.0 Å². The van der Waals surface area contributed by atoms with E-state index in [1.165, 1.54) is 16.1 Å². The summed E-state index contributed by atoms with van der Waals surface area (Å²) in [5, 5.41) is 12.5. The second-order valence-electron chi connectivity index (χ2n) is 12.3. The first kappa shape index (κ1) is 35.3. The molecular formula is C34H51ClN6O3. The van der Waals surface area contributed by atoms with Gasteiger partial charge in [0.1, 0.15) is 6.04 Å². The Morgan fingerprint density at radius 3 is 1.95 bits per heavy atom. The highest BCUT2D eigenvalue weighted by Gasteiger charge is 2.32. The highest BCUT2D eigenvalue weighted by molar-refractivity contribution is 6.30. The maximum Gasteiger partial charge on any atom is 0.272 e. The van der Waals surface area contributed by atoms with Gasteiger partial charge in [-0.25, -0.2) is 0 Å². The molecule has 3 unspecified atom stereocenters. The summed E-state index contributed by atoms with van der Waals surface area (Å²) in [5.74, 6) is 0.303. The quantitative estimate of drug-likeness (QED) is 0.167. The first-order valence-electron chi connectivity index (χ1n) is 16.4. The molecule has 0 fully saturated rings. The third-order valence-electron chi connectivity index (χ3n) is 8.51. The van der Waals surface area contributed by atoms with E-state index in [0.717, 1.165) is 51.4 Å². The van der Waals surface area contributed by atoms with Crippen LogP contribution in [0.15, 0.2) is 30.3 Å². The Kier molecular flexibility index (Phi) is 13.4. The van der Waals surface area contributed by atoms with Crippen LogP contribution < -0.4 is 5.32 Å². The number of nitrogens with one attached hydrogen (secondary N) is 1. The molecule has 10 heteroatoms. The number of carbonyl (C=O) groups excluding carboxylic acids is 3. The number of hydrogen-bond donors (Lipinski definition) is 1. The fourth-order valence-corrected chi connectivity index (χ4v) is 5.75. The molecule has 3 atom stereocenters. The molecule has 242 valence electrons. The van der Waals surface area contributed by atoms with Crippen LogP contribution in [0.4, 0.5) is 0 Å². The zero-order chi connectivity index (χ0) is 32.4. The average Bonchev–Trinajstić information content (AvgIpc) is 3.59. The highest BCUT2D eigenvalue weighted by Crippen LogP contribution is 2.24. The molecule has 1 aromatic carbocycles. The summed E-state index contributed by atoms with van der Waals surface area (Å²) in [5.41, 5.74) is 1.17. The van der Waals surface area contributed by atoms with Gasteiger partial charge in [-0.1, -0.05) is 91.7 Å². The van der Waals surface area contributed by atoms with E-state index in [1.807, 2.05) is 18.7 Å². The SMILES string of the molecule is CCCCC(CC)CN(CC(CC)CCCC)C(=O)C(NC(=O)c1cc2n(C(C)=O)nc(-c3ccc(Cl)cc3)n2n1)C(C)C. The lowest BCUT2D eigenvalue weighted by Crippen LogP contribution is -2.53. The van der Waals surface area contributed by atoms with E-state index in [-0.39, 0.29) is 23.4 Å². The molecule has 0 radical (unpaired) electrons. The minimum absolute atomic E-state index is 0.0428. The molecule has 0 saturated carbocycles. The Bertz CT molecular complexity index is 1360. The molecule has 2 amide bonds. The number of rotatable bonds is 17. The second-order valence-corrected chi connectivity index (χ2v) is 12.8. The van der Waals surface area contributed by atoms with Crippen LogP contribution in [0.3, 0.4) is 0 Å². The molecule has 44 heavy (non-hydrogen) atoms. The Hall–Kier alpha value is -3.20. The van der Waals surface area contributed by atoms with Crippen LogP contribution in [-0.2, 0) is 4.79 Å². The van der Waals surface area contributed by atoms with E-state index in [9.17, 15) is 14.4 Å². The van der Waals surface area contributed by atoms with E-state index >= 15 is 0 Å². The summed E-state index contributed by atoms with van der Waals surface area (Å²) in [6, 6.07) is 7.86. The number of nitrogens with zero attached hydrogens (tertiary/aromatic N) is 5. The van der Waals surface area contributed by atoms with Crippen molar-refractivity contribution in [3.8, 4) is 11.4 Å². The molecule has 0 bridgehead atoms. The normalized spacial score (nSPS) is 13.7. The number of hydrogen-bond acceptors (Lipinski definition) is 5. The second kappa shape index (κ2) is 16.8. The average molecular weight is 627 g/mol. The Balaban J connectivity index is 1.92. The molecule has 3 aromatic rings. The van der Waals surface area contributed by atoms with Gasteiger partial charge in [0, 0.05) is 36.7 Å². The summed E-state index contributed by atoms with van der Waals surface area (Å²) in [6.07, 6.45) is 8.74. The van der Waals surface area contributed by atoms with Crippen molar-refractivity contribution in [2.75, 3.05) is 13.1 Å². The summed E-state index contributed by atoms with van der Waals surface area (Å²) < 4.78 is 2.71. The van der Waals surface area contributed by atoms with Crippen molar-refractivity contribution in [2.24, 2.45) is 17.8 Å². The van der Waals surface area contributed by atoms with Crippen molar-refractivity contribution >= 4 is 35.0 Å². The largest absolute Gasteiger partial charge is 0.340 e. The van der Waals surface area contributed by atoms with Gasteiger partial charge in [-0.15, -0.1) is 5.10 Å². The fourth-order valence-electron chi connectivity index (χ4n) is 5.63. The monoisotopic (exact) mass is 626 g/mol. The number of unbranched alkanes of at least 4 members (excludes halogenated alkanes) is 2. The predicted molar refractivity (Wildman–Crippen MR) is 177 cm³/mol. The van der Waals surface area contributed by atoms with Crippen LogP contribution in [0.2, 0.25) is 5.02 Å². The Labute approximate surface area is 267 Å². The lowest BCUT2D eigenvalue weighted by atomic mass is 9.94. The molecule has 2 aromatic heterocycles. The van der Waals surface area contributed by atoms with Gasteiger partial charge in [0.05, 0.1) is 0 Å². The molecule has 0 saturated heterocycles. The van der Waals surface area contributed by atoms with Crippen molar-refractivity contribution < 1.29 is 14.4 Å². The number of amides is 2. The van der Waals surface area contributed by atoms with Crippen LogP contribution >= 0.6 is 11.6 Å². The number of aromatic nitrogens is 4. The lowest BCUT2D eigenvalue weighted by molar-refractivity contribution is -0.135. The van der Waals surface area contributed by atoms with E-state index in [2.05, 4.69) is 43.2 Å². The Morgan fingerprint density at radius 2 is 1.48 bits per heavy atom. The maximum absolute atomic E-state index is 14.3. The zero-order valence-electron chi connectivity index (χ0n) is 27.6. The van der Waals surface area contributed by atoms with Crippen molar-refractivity contribution in [3.63, 3.8) is 0 Å². The number of fused-ring (bicyclic) bond motifs is 1. The topological polar surface area (TPSA) is 102 Å². The molecule has 2 heterocycles. The van der Waals surface area contributed by atoms with Gasteiger partial charge in [-0.2, -0.15) is 14.3 Å². The van der Waals surface area contributed by atoms with Crippen molar-refractivity contribution in [2.45, 2.75) is 106 Å². The van der Waals surface area contributed by atoms with Gasteiger partial charge < -0.3 is 10.2 Å². The van der Waals surface area contributed by atoms with Crippen molar-refractivity contribution in [1.82, 2.24) is 29.6 Å². The predicted octanol–water partition coefficient (Wildman–Crippen LogP) is 7.53. The molecule has 0 spiro atoms. The minimum Gasteiger partial charge on any atom is -0.340 e. The highest BCUT2D eigenvalue weighted by atomic mass is 35.5. The summed E-state index contributed by atoms with van der Waals surface area (Å²) in [4.78, 5) is 42.4. The molecule has 0 aliphatic heterocycles. The molecule has 3 rings (SSSR count). The minimum atomic E-state index is -0.709. The molecule has 9 nitrogen and oxygen atoms in total.